The Morgan fingerprint density at radius 1 is 1.27 bits per heavy atom. The van der Waals surface area contributed by atoms with E-state index in [1.807, 2.05) is 33.8 Å². The first-order valence-electron chi connectivity index (χ1n) is 7.18. The number of rotatable bonds is 4. The van der Waals surface area contributed by atoms with Gasteiger partial charge in [-0.15, -0.1) is 0 Å². The zero-order chi connectivity index (χ0) is 16.5. The van der Waals surface area contributed by atoms with Gasteiger partial charge in [-0.25, -0.2) is 17.4 Å². The van der Waals surface area contributed by atoms with Crippen molar-refractivity contribution in [3.63, 3.8) is 0 Å². The lowest BCUT2D eigenvalue weighted by atomic mass is 9.87. The highest BCUT2D eigenvalue weighted by Crippen LogP contribution is 2.32. The molecule has 0 radical (unpaired) electrons. The van der Waals surface area contributed by atoms with Gasteiger partial charge in [-0.2, -0.15) is 0 Å². The highest BCUT2D eigenvalue weighted by Gasteiger charge is 2.26. The van der Waals surface area contributed by atoms with Crippen molar-refractivity contribution in [3.8, 4) is 5.75 Å². The minimum absolute atomic E-state index is 0.154. The average molecular weight is 322 g/mol. The van der Waals surface area contributed by atoms with E-state index in [4.69, 9.17) is 4.74 Å². The number of hydrogen-bond donors (Lipinski definition) is 0. The second kappa shape index (κ2) is 5.76. The molecular weight excluding hydrogens is 300 g/mol. The zero-order valence-electron chi connectivity index (χ0n) is 13.6. The number of nitrogens with zero attached hydrogens (tertiary/aromatic N) is 2. The number of aryl methyl sites for hydroxylation is 1. The summed E-state index contributed by atoms with van der Waals surface area (Å²) in [7, 11) is -2.26. The van der Waals surface area contributed by atoms with Crippen LogP contribution in [-0.4, -0.2) is 24.5 Å². The summed E-state index contributed by atoms with van der Waals surface area (Å²) >= 11 is 0. The maximum atomic E-state index is 13.0. The molecule has 6 heteroatoms. The molecule has 0 unspecified atom stereocenters. The molecule has 0 fully saturated rings. The van der Waals surface area contributed by atoms with Crippen molar-refractivity contribution in [3.05, 3.63) is 42.0 Å². The Labute approximate surface area is 132 Å². The van der Waals surface area contributed by atoms with Gasteiger partial charge in [0.1, 0.15) is 16.5 Å². The molecule has 0 amide bonds. The van der Waals surface area contributed by atoms with Crippen LogP contribution in [0.3, 0.4) is 0 Å². The number of hydrogen-bond acceptors (Lipinski definition) is 4. The Morgan fingerprint density at radius 3 is 2.50 bits per heavy atom. The molecule has 0 saturated carbocycles. The molecule has 22 heavy (non-hydrogen) atoms. The second-order valence-electron chi connectivity index (χ2n) is 6.11. The first-order chi connectivity index (χ1) is 10.2. The number of aromatic nitrogens is 2. The molecule has 2 rings (SSSR count). The smallest absolute Gasteiger partial charge is 0.272 e. The molecule has 0 bridgehead atoms. The fourth-order valence-corrected chi connectivity index (χ4v) is 3.80. The van der Waals surface area contributed by atoms with Crippen LogP contribution < -0.4 is 4.74 Å². The van der Waals surface area contributed by atoms with Crippen molar-refractivity contribution in [1.29, 1.82) is 0 Å². The minimum atomic E-state index is -3.73. The van der Waals surface area contributed by atoms with E-state index < -0.39 is 10.0 Å². The van der Waals surface area contributed by atoms with E-state index in [1.165, 1.54) is 23.5 Å². The first kappa shape index (κ1) is 16.5. The lowest BCUT2D eigenvalue weighted by Crippen LogP contribution is -2.18. The van der Waals surface area contributed by atoms with Crippen LogP contribution >= 0.6 is 0 Å². The van der Waals surface area contributed by atoms with Gasteiger partial charge in [-0.3, -0.25) is 0 Å². The quantitative estimate of drug-likeness (QED) is 0.868. The van der Waals surface area contributed by atoms with E-state index >= 15 is 0 Å². The summed E-state index contributed by atoms with van der Waals surface area (Å²) in [5.41, 5.74) is 0.782. The second-order valence-corrected chi connectivity index (χ2v) is 7.90. The topological polar surface area (TPSA) is 61.2 Å². The Morgan fingerprint density at radius 2 is 1.95 bits per heavy atom. The Hall–Kier alpha value is -1.82. The number of imidazole rings is 1. The third-order valence-corrected chi connectivity index (χ3v) is 5.29. The fraction of sp³-hybridized carbons (Fsp3) is 0.438. The lowest BCUT2D eigenvalue weighted by Gasteiger charge is -2.21. The summed E-state index contributed by atoms with van der Waals surface area (Å²) in [5, 5.41) is 0. The Balaban J connectivity index is 2.69. The maximum Gasteiger partial charge on any atom is 0.272 e. The molecule has 1 aromatic carbocycles. The molecule has 0 aliphatic heterocycles. The molecule has 0 aliphatic carbocycles. The van der Waals surface area contributed by atoms with E-state index in [0.717, 1.165) is 5.56 Å². The fourth-order valence-electron chi connectivity index (χ4n) is 2.24. The van der Waals surface area contributed by atoms with E-state index in [2.05, 4.69) is 4.98 Å². The zero-order valence-corrected chi connectivity index (χ0v) is 14.4. The summed E-state index contributed by atoms with van der Waals surface area (Å²) in [6, 6.07) is 5.29. The largest absolute Gasteiger partial charge is 0.495 e. The van der Waals surface area contributed by atoms with Crippen molar-refractivity contribution >= 4 is 10.0 Å². The third kappa shape index (κ3) is 2.88. The van der Waals surface area contributed by atoms with Gasteiger partial charge in [0.15, 0.2) is 0 Å². The highest BCUT2D eigenvalue weighted by molar-refractivity contribution is 7.90. The molecule has 1 aromatic heterocycles. The van der Waals surface area contributed by atoms with Gasteiger partial charge in [-0.1, -0.05) is 33.8 Å². The van der Waals surface area contributed by atoms with Crippen molar-refractivity contribution in [1.82, 2.24) is 8.96 Å². The maximum absolute atomic E-state index is 13.0. The van der Waals surface area contributed by atoms with Crippen LogP contribution in [0.2, 0.25) is 0 Å². The third-order valence-electron chi connectivity index (χ3n) is 3.56. The molecule has 0 atom stereocenters. The normalized spacial score (nSPS) is 12.4. The van der Waals surface area contributed by atoms with Crippen LogP contribution in [0, 0.1) is 0 Å². The van der Waals surface area contributed by atoms with E-state index in [9.17, 15) is 8.42 Å². The van der Waals surface area contributed by atoms with Crippen LogP contribution in [0.15, 0.2) is 35.5 Å². The van der Waals surface area contributed by atoms with Gasteiger partial charge in [0, 0.05) is 18.8 Å². The molecule has 0 spiro atoms. The van der Waals surface area contributed by atoms with Crippen LogP contribution in [0.1, 0.15) is 39.1 Å². The summed E-state index contributed by atoms with van der Waals surface area (Å²) in [5.74, 6) is 0.840. The average Bonchev–Trinajstić information content (AvgIpc) is 2.94. The SMILES string of the molecule is CCc1nccn1S(=O)(=O)c1cc(C(C)(C)C)ccc1OC. The van der Waals surface area contributed by atoms with Crippen LogP contribution in [0.25, 0.3) is 0 Å². The standard InChI is InChI=1S/C16H22N2O3S/c1-6-15-17-9-10-18(15)22(19,20)14-11-12(16(2,3)4)7-8-13(14)21-5/h7-11H,6H2,1-5H3. The molecule has 2 aromatic rings. The summed E-state index contributed by atoms with van der Waals surface area (Å²) in [4.78, 5) is 4.26. The molecule has 120 valence electrons. The van der Waals surface area contributed by atoms with Gasteiger partial charge in [0.2, 0.25) is 0 Å². The first-order valence-corrected chi connectivity index (χ1v) is 8.62. The number of ether oxygens (including phenoxy) is 1. The molecule has 1 heterocycles. The summed E-state index contributed by atoms with van der Waals surface area (Å²) in [6.45, 7) is 8.00. The summed E-state index contributed by atoms with van der Waals surface area (Å²) in [6.07, 6.45) is 3.50. The van der Waals surface area contributed by atoms with Crippen molar-refractivity contribution in [2.75, 3.05) is 7.11 Å². The predicted octanol–water partition coefficient (Wildman–Crippen LogP) is 2.99. The molecule has 0 saturated heterocycles. The van der Waals surface area contributed by atoms with Gasteiger partial charge in [0.05, 0.1) is 7.11 Å². The van der Waals surface area contributed by atoms with Crippen LogP contribution in [0.4, 0.5) is 0 Å². The molecular formula is C16H22N2O3S. The van der Waals surface area contributed by atoms with E-state index in [1.54, 1.807) is 12.1 Å². The van der Waals surface area contributed by atoms with E-state index in [0.29, 0.717) is 18.0 Å². The monoisotopic (exact) mass is 322 g/mol. The van der Waals surface area contributed by atoms with Gasteiger partial charge in [0.25, 0.3) is 10.0 Å². The van der Waals surface area contributed by atoms with Crippen molar-refractivity contribution < 1.29 is 13.2 Å². The molecule has 0 aliphatic rings. The van der Waals surface area contributed by atoms with Crippen molar-refractivity contribution in [2.24, 2.45) is 0 Å². The Kier molecular flexibility index (Phi) is 4.33. The predicted molar refractivity (Wildman–Crippen MR) is 85.9 cm³/mol. The van der Waals surface area contributed by atoms with Crippen LogP contribution in [0.5, 0.6) is 5.75 Å². The highest BCUT2D eigenvalue weighted by atomic mass is 32.2. The summed E-state index contributed by atoms with van der Waals surface area (Å²) < 4.78 is 32.4. The number of methoxy groups -OCH3 is 1. The van der Waals surface area contributed by atoms with Gasteiger partial charge < -0.3 is 4.74 Å². The van der Waals surface area contributed by atoms with Crippen molar-refractivity contribution in [2.45, 2.75) is 44.4 Å². The lowest BCUT2D eigenvalue weighted by molar-refractivity contribution is 0.401. The van der Waals surface area contributed by atoms with Crippen LogP contribution in [-0.2, 0) is 21.9 Å². The molecule has 0 N–H and O–H groups in total. The van der Waals surface area contributed by atoms with Gasteiger partial charge in [-0.05, 0) is 23.1 Å². The minimum Gasteiger partial charge on any atom is -0.495 e. The molecule has 5 nitrogen and oxygen atoms in total. The number of benzene rings is 1. The Bertz CT molecular complexity index is 771. The van der Waals surface area contributed by atoms with Gasteiger partial charge >= 0.3 is 0 Å². The van der Waals surface area contributed by atoms with E-state index in [-0.39, 0.29) is 10.3 Å².